The van der Waals surface area contributed by atoms with E-state index in [2.05, 4.69) is 5.32 Å². The zero-order valence-corrected chi connectivity index (χ0v) is 10.4. The van der Waals surface area contributed by atoms with Gasteiger partial charge in [0.1, 0.15) is 0 Å². The van der Waals surface area contributed by atoms with E-state index in [0.29, 0.717) is 5.02 Å². The van der Waals surface area contributed by atoms with Crippen LogP contribution in [0.1, 0.15) is 17.2 Å². The van der Waals surface area contributed by atoms with Crippen molar-refractivity contribution < 1.29 is 4.79 Å². The van der Waals surface area contributed by atoms with Crippen LogP contribution in [0.3, 0.4) is 0 Å². The molecule has 0 spiro atoms. The van der Waals surface area contributed by atoms with Crippen molar-refractivity contribution in [2.24, 2.45) is 5.73 Å². The van der Waals surface area contributed by atoms with Crippen molar-refractivity contribution in [2.45, 2.75) is 6.04 Å². The van der Waals surface area contributed by atoms with Crippen LogP contribution >= 0.6 is 11.6 Å². The molecule has 4 heteroatoms. The van der Waals surface area contributed by atoms with Crippen LogP contribution in [0.2, 0.25) is 5.02 Å². The number of benzene rings is 2. The molecular formula is C14H13ClN2O. The Morgan fingerprint density at radius 2 is 1.72 bits per heavy atom. The van der Waals surface area contributed by atoms with Crippen molar-refractivity contribution in [3.8, 4) is 0 Å². The Labute approximate surface area is 111 Å². The van der Waals surface area contributed by atoms with Crippen LogP contribution in [-0.4, -0.2) is 6.03 Å². The summed E-state index contributed by atoms with van der Waals surface area (Å²) < 4.78 is 0. The lowest BCUT2D eigenvalue weighted by Crippen LogP contribution is -2.33. The van der Waals surface area contributed by atoms with E-state index in [1.54, 1.807) is 6.07 Å². The van der Waals surface area contributed by atoms with Gasteiger partial charge in [-0.25, -0.2) is 4.79 Å². The van der Waals surface area contributed by atoms with Crippen LogP contribution in [-0.2, 0) is 0 Å². The van der Waals surface area contributed by atoms with E-state index in [1.807, 2.05) is 48.5 Å². The molecule has 2 rings (SSSR count). The van der Waals surface area contributed by atoms with Crippen LogP contribution < -0.4 is 11.1 Å². The van der Waals surface area contributed by atoms with E-state index in [0.717, 1.165) is 11.1 Å². The minimum atomic E-state index is -0.566. The number of nitrogens with two attached hydrogens (primary N) is 1. The average Bonchev–Trinajstić information content (AvgIpc) is 2.37. The highest BCUT2D eigenvalue weighted by Crippen LogP contribution is 2.24. The number of urea groups is 1. The highest BCUT2D eigenvalue weighted by molar-refractivity contribution is 6.30. The number of amides is 2. The molecule has 0 bridgehead atoms. The first-order chi connectivity index (χ1) is 8.66. The van der Waals surface area contributed by atoms with Crippen LogP contribution in [0, 0.1) is 0 Å². The summed E-state index contributed by atoms with van der Waals surface area (Å²) >= 11 is 5.97. The maximum atomic E-state index is 11.1. The van der Waals surface area contributed by atoms with Gasteiger partial charge in [0.15, 0.2) is 0 Å². The molecule has 92 valence electrons. The van der Waals surface area contributed by atoms with Gasteiger partial charge in [-0.1, -0.05) is 54.1 Å². The number of halogens is 1. The largest absolute Gasteiger partial charge is 0.352 e. The highest BCUT2D eigenvalue weighted by Gasteiger charge is 2.15. The summed E-state index contributed by atoms with van der Waals surface area (Å²) in [5, 5.41) is 3.34. The molecule has 0 fully saturated rings. The number of hydrogen-bond donors (Lipinski definition) is 2. The van der Waals surface area contributed by atoms with E-state index in [1.165, 1.54) is 0 Å². The van der Waals surface area contributed by atoms with E-state index >= 15 is 0 Å². The number of carbonyl (C=O) groups is 1. The fraction of sp³-hybridized carbons (Fsp3) is 0.0714. The predicted octanol–water partition coefficient (Wildman–Crippen LogP) is 3.10. The van der Waals surface area contributed by atoms with Crippen molar-refractivity contribution in [3.05, 3.63) is 70.7 Å². The number of nitrogens with one attached hydrogen (secondary N) is 1. The summed E-state index contributed by atoms with van der Waals surface area (Å²) in [6, 6.07) is 16.1. The first-order valence-electron chi connectivity index (χ1n) is 5.53. The number of primary amides is 1. The molecule has 0 heterocycles. The molecule has 0 radical (unpaired) electrons. The smallest absolute Gasteiger partial charge is 0.312 e. The third-order valence-electron chi connectivity index (χ3n) is 2.60. The van der Waals surface area contributed by atoms with Crippen LogP contribution in [0.25, 0.3) is 0 Å². The number of carbonyl (C=O) groups excluding carboxylic acids is 1. The lowest BCUT2D eigenvalue weighted by molar-refractivity contribution is 0.247. The zero-order valence-electron chi connectivity index (χ0n) is 9.64. The molecule has 2 aromatic rings. The molecule has 1 unspecified atom stereocenters. The van der Waals surface area contributed by atoms with Gasteiger partial charge in [-0.2, -0.15) is 0 Å². The summed E-state index contributed by atoms with van der Waals surface area (Å²) in [4.78, 5) is 11.1. The Morgan fingerprint density at radius 3 is 2.33 bits per heavy atom. The topological polar surface area (TPSA) is 55.1 Å². The van der Waals surface area contributed by atoms with Crippen molar-refractivity contribution in [3.63, 3.8) is 0 Å². The lowest BCUT2D eigenvalue weighted by atomic mass is 9.99. The molecule has 0 aliphatic heterocycles. The maximum absolute atomic E-state index is 11.1. The Kier molecular flexibility index (Phi) is 3.85. The Morgan fingerprint density at radius 1 is 1.06 bits per heavy atom. The van der Waals surface area contributed by atoms with E-state index in [4.69, 9.17) is 17.3 Å². The van der Waals surface area contributed by atoms with Gasteiger partial charge in [0.2, 0.25) is 0 Å². The van der Waals surface area contributed by atoms with Gasteiger partial charge in [0.05, 0.1) is 6.04 Å². The summed E-state index contributed by atoms with van der Waals surface area (Å²) in [5.41, 5.74) is 7.08. The van der Waals surface area contributed by atoms with Crippen LogP contribution in [0.5, 0.6) is 0 Å². The zero-order chi connectivity index (χ0) is 13.0. The second-order valence-corrected chi connectivity index (χ2v) is 4.34. The Balaban J connectivity index is 2.40. The first-order valence-corrected chi connectivity index (χ1v) is 5.91. The first kappa shape index (κ1) is 12.5. The Hall–Kier alpha value is -2.00. The van der Waals surface area contributed by atoms with Gasteiger partial charge in [0.25, 0.3) is 0 Å². The maximum Gasteiger partial charge on any atom is 0.312 e. The van der Waals surface area contributed by atoms with Gasteiger partial charge in [0, 0.05) is 5.02 Å². The number of hydrogen-bond acceptors (Lipinski definition) is 1. The predicted molar refractivity (Wildman–Crippen MR) is 72.5 cm³/mol. The SMILES string of the molecule is NC(=O)NC(c1ccccc1)c1cccc(Cl)c1. The fourth-order valence-electron chi connectivity index (χ4n) is 1.83. The second-order valence-electron chi connectivity index (χ2n) is 3.91. The summed E-state index contributed by atoms with van der Waals surface area (Å²) in [6.07, 6.45) is 0. The van der Waals surface area contributed by atoms with Crippen molar-refractivity contribution in [1.29, 1.82) is 0 Å². The van der Waals surface area contributed by atoms with Crippen LogP contribution in [0.4, 0.5) is 4.79 Å². The highest BCUT2D eigenvalue weighted by atomic mass is 35.5. The quantitative estimate of drug-likeness (QED) is 0.875. The molecule has 0 saturated heterocycles. The normalized spacial score (nSPS) is 11.8. The van der Waals surface area contributed by atoms with E-state index < -0.39 is 6.03 Å². The second kappa shape index (κ2) is 5.56. The van der Waals surface area contributed by atoms with Crippen molar-refractivity contribution in [1.82, 2.24) is 5.32 Å². The number of rotatable bonds is 3. The molecule has 0 saturated carbocycles. The molecule has 0 aliphatic carbocycles. The molecule has 0 aromatic heterocycles. The molecule has 2 amide bonds. The van der Waals surface area contributed by atoms with Crippen LogP contribution in [0.15, 0.2) is 54.6 Å². The molecule has 3 N–H and O–H groups in total. The van der Waals surface area contributed by atoms with Gasteiger partial charge in [-0.15, -0.1) is 0 Å². The van der Waals surface area contributed by atoms with Gasteiger partial charge in [-0.3, -0.25) is 0 Å². The third kappa shape index (κ3) is 3.02. The van der Waals surface area contributed by atoms with E-state index in [-0.39, 0.29) is 6.04 Å². The molecule has 1 atom stereocenters. The lowest BCUT2D eigenvalue weighted by Gasteiger charge is -2.18. The van der Waals surface area contributed by atoms with Crippen molar-refractivity contribution in [2.75, 3.05) is 0 Å². The molecule has 3 nitrogen and oxygen atoms in total. The van der Waals surface area contributed by atoms with E-state index in [9.17, 15) is 4.79 Å². The average molecular weight is 261 g/mol. The van der Waals surface area contributed by atoms with Gasteiger partial charge < -0.3 is 11.1 Å². The molecule has 2 aromatic carbocycles. The summed E-state index contributed by atoms with van der Waals surface area (Å²) in [5.74, 6) is 0. The summed E-state index contributed by atoms with van der Waals surface area (Å²) in [6.45, 7) is 0. The van der Waals surface area contributed by atoms with Gasteiger partial charge >= 0.3 is 6.03 Å². The molecular weight excluding hydrogens is 248 g/mol. The van der Waals surface area contributed by atoms with Gasteiger partial charge in [-0.05, 0) is 23.3 Å². The third-order valence-corrected chi connectivity index (χ3v) is 2.84. The molecule has 0 aliphatic rings. The fourth-order valence-corrected chi connectivity index (χ4v) is 2.03. The van der Waals surface area contributed by atoms with Crippen molar-refractivity contribution >= 4 is 17.6 Å². The minimum Gasteiger partial charge on any atom is -0.352 e. The Bertz CT molecular complexity index is 543. The minimum absolute atomic E-state index is 0.289. The molecule has 18 heavy (non-hydrogen) atoms. The monoisotopic (exact) mass is 260 g/mol. The summed E-state index contributed by atoms with van der Waals surface area (Å²) in [7, 11) is 0. The standard InChI is InChI=1S/C14H13ClN2O/c15-12-8-4-7-11(9-12)13(17-14(16)18)10-5-2-1-3-6-10/h1-9,13H,(H3,16,17,18).